The number of hydrogen-bond acceptors (Lipinski definition) is 8. The highest BCUT2D eigenvalue weighted by Gasteiger charge is 2.33. The molecule has 0 spiro atoms. The smallest absolute Gasteiger partial charge is 0.406 e. The SMILES string of the molecule is CNC(=O)OCC1c2cc(CCCC(=O)NCCOCCCOC)ccc2-c2c(C(=O)NCCOCCCOC)cccc21. The average molecular weight is 614 g/mol. The highest BCUT2D eigenvalue weighted by molar-refractivity contribution is 6.03. The molecule has 0 fully saturated rings. The van der Waals surface area contributed by atoms with E-state index in [2.05, 4.69) is 22.0 Å². The maximum absolute atomic E-state index is 13.3. The summed E-state index contributed by atoms with van der Waals surface area (Å²) in [5.41, 5.74) is 5.37. The van der Waals surface area contributed by atoms with Crippen molar-refractivity contribution < 1.29 is 38.1 Å². The lowest BCUT2D eigenvalue weighted by molar-refractivity contribution is -0.121. The monoisotopic (exact) mass is 613 g/mol. The van der Waals surface area contributed by atoms with E-state index in [0.717, 1.165) is 40.7 Å². The molecule has 0 aromatic heterocycles. The third kappa shape index (κ3) is 10.9. The zero-order chi connectivity index (χ0) is 31.6. The molecule has 11 heteroatoms. The van der Waals surface area contributed by atoms with Crippen LogP contribution in [-0.4, -0.2) is 98.5 Å². The first-order chi connectivity index (χ1) is 21.5. The molecule has 3 rings (SSSR count). The van der Waals surface area contributed by atoms with E-state index in [9.17, 15) is 14.4 Å². The number of amides is 3. The molecule has 0 saturated heterocycles. The number of nitrogens with one attached hydrogen (secondary N) is 3. The summed E-state index contributed by atoms with van der Waals surface area (Å²) in [6.45, 7) is 4.37. The number of carbonyl (C=O) groups excluding carboxylic acids is 3. The van der Waals surface area contributed by atoms with Gasteiger partial charge in [0, 0.05) is 78.7 Å². The number of alkyl carbamates (subject to hydrolysis) is 1. The van der Waals surface area contributed by atoms with Crippen LogP contribution in [0, 0.1) is 0 Å². The number of ether oxygens (including phenoxy) is 5. The second-order valence-corrected chi connectivity index (χ2v) is 10.5. The molecule has 1 aliphatic carbocycles. The van der Waals surface area contributed by atoms with E-state index in [1.54, 1.807) is 14.2 Å². The molecular weight excluding hydrogens is 566 g/mol. The van der Waals surface area contributed by atoms with Crippen molar-refractivity contribution >= 4 is 17.9 Å². The van der Waals surface area contributed by atoms with Crippen molar-refractivity contribution in [3.8, 4) is 11.1 Å². The minimum absolute atomic E-state index is 0.00746. The van der Waals surface area contributed by atoms with Gasteiger partial charge in [-0.25, -0.2) is 4.79 Å². The lowest BCUT2D eigenvalue weighted by Crippen LogP contribution is -2.28. The van der Waals surface area contributed by atoms with Gasteiger partial charge in [0.15, 0.2) is 0 Å². The first-order valence-corrected chi connectivity index (χ1v) is 15.3. The summed E-state index contributed by atoms with van der Waals surface area (Å²) in [7, 11) is 4.83. The number of carbonyl (C=O) groups is 3. The average Bonchev–Trinajstić information content (AvgIpc) is 3.35. The van der Waals surface area contributed by atoms with Crippen LogP contribution in [0.1, 0.15) is 58.6 Å². The topological polar surface area (TPSA) is 133 Å². The Morgan fingerprint density at radius 2 is 1.50 bits per heavy atom. The number of fused-ring (bicyclic) bond motifs is 3. The Morgan fingerprint density at radius 3 is 2.18 bits per heavy atom. The molecule has 0 bridgehead atoms. The van der Waals surface area contributed by atoms with Crippen LogP contribution in [0.4, 0.5) is 4.79 Å². The molecule has 1 atom stereocenters. The van der Waals surface area contributed by atoms with E-state index in [-0.39, 0.29) is 24.3 Å². The molecule has 2 aromatic carbocycles. The summed E-state index contributed by atoms with van der Waals surface area (Å²) < 4.78 is 26.6. The predicted molar refractivity (Wildman–Crippen MR) is 167 cm³/mol. The van der Waals surface area contributed by atoms with Gasteiger partial charge in [-0.15, -0.1) is 0 Å². The van der Waals surface area contributed by atoms with Crippen LogP contribution in [0.5, 0.6) is 0 Å². The van der Waals surface area contributed by atoms with E-state index in [1.165, 1.54) is 7.05 Å². The van der Waals surface area contributed by atoms with Crippen molar-refractivity contribution in [1.82, 2.24) is 16.0 Å². The number of methoxy groups -OCH3 is 2. The summed E-state index contributed by atoms with van der Waals surface area (Å²) in [4.78, 5) is 37.5. The fourth-order valence-corrected chi connectivity index (χ4v) is 5.16. The van der Waals surface area contributed by atoms with E-state index in [0.29, 0.717) is 77.6 Å². The molecule has 242 valence electrons. The van der Waals surface area contributed by atoms with Crippen molar-refractivity contribution in [2.75, 3.05) is 80.6 Å². The molecule has 0 saturated carbocycles. The minimum atomic E-state index is -0.512. The fraction of sp³-hybridized carbons (Fsp3) is 0.545. The van der Waals surface area contributed by atoms with Crippen LogP contribution < -0.4 is 16.0 Å². The molecule has 0 heterocycles. The highest BCUT2D eigenvalue weighted by Crippen LogP contribution is 2.47. The Hall–Kier alpha value is -3.51. The fourth-order valence-electron chi connectivity index (χ4n) is 5.16. The predicted octanol–water partition coefficient (Wildman–Crippen LogP) is 3.43. The van der Waals surface area contributed by atoms with E-state index in [4.69, 9.17) is 23.7 Å². The van der Waals surface area contributed by atoms with Crippen LogP contribution in [0.15, 0.2) is 36.4 Å². The molecular formula is C33H47N3O8. The van der Waals surface area contributed by atoms with Crippen LogP contribution >= 0.6 is 0 Å². The molecule has 0 aliphatic heterocycles. The van der Waals surface area contributed by atoms with Gasteiger partial charge in [-0.1, -0.05) is 30.3 Å². The Kier molecular flexibility index (Phi) is 15.7. The molecule has 3 amide bonds. The normalized spacial score (nSPS) is 13.2. The second-order valence-electron chi connectivity index (χ2n) is 10.5. The van der Waals surface area contributed by atoms with Gasteiger partial charge in [0.2, 0.25) is 5.91 Å². The third-order valence-corrected chi connectivity index (χ3v) is 7.31. The van der Waals surface area contributed by atoms with Gasteiger partial charge in [0.25, 0.3) is 5.91 Å². The maximum Gasteiger partial charge on any atom is 0.406 e. The summed E-state index contributed by atoms with van der Waals surface area (Å²) >= 11 is 0. The van der Waals surface area contributed by atoms with Gasteiger partial charge in [0.05, 0.1) is 13.2 Å². The lowest BCUT2D eigenvalue weighted by atomic mass is 9.95. The Balaban J connectivity index is 1.63. The Morgan fingerprint density at radius 1 is 0.795 bits per heavy atom. The van der Waals surface area contributed by atoms with Crippen LogP contribution in [0.3, 0.4) is 0 Å². The zero-order valence-electron chi connectivity index (χ0n) is 26.2. The van der Waals surface area contributed by atoms with Crippen LogP contribution in [0.25, 0.3) is 11.1 Å². The molecule has 11 nitrogen and oxygen atoms in total. The number of hydrogen-bond donors (Lipinski definition) is 3. The summed E-state index contributed by atoms with van der Waals surface area (Å²) in [5, 5.41) is 8.36. The summed E-state index contributed by atoms with van der Waals surface area (Å²) in [6.07, 6.45) is 2.92. The lowest BCUT2D eigenvalue weighted by Gasteiger charge is -2.15. The van der Waals surface area contributed by atoms with Crippen molar-refractivity contribution in [1.29, 1.82) is 0 Å². The zero-order valence-corrected chi connectivity index (χ0v) is 26.2. The van der Waals surface area contributed by atoms with Gasteiger partial charge in [-0.3, -0.25) is 9.59 Å². The molecule has 1 aliphatic rings. The molecule has 2 aromatic rings. The van der Waals surface area contributed by atoms with Gasteiger partial charge in [-0.05, 0) is 59.6 Å². The van der Waals surface area contributed by atoms with Gasteiger partial charge >= 0.3 is 6.09 Å². The van der Waals surface area contributed by atoms with Crippen molar-refractivity contribution in [3.63, 3.8) is 0 Å². The van der Waals surface area contributed by atoms with Crippen LogP contribution in [-0.2, 0) is 34.9 Å². The quantitative estimate of drug-likeness (QED) is 0.183. The van der Waals surface area contributed by atoms with Crippen molar-refractivity contribution in [3.05, 3.63) is 58.7 Å². The summed E-state index contributed by atoms with van der Waals surface area (Å²) in [6, 6.07) is 11.8. The van der Waals surface area contributed by atoms with Crippen LogP contribution in [0.2, 0.25) is 0 Å². The van der Waals surface area contributed by atoms with Gasteiger partial charge in [-0.2, -0.15) is 0 Å². The standard InChI is InChI=1S/C33H47N3O8/c1-34-33(39)44-23-29-25-9-5-10-27(32(38)36-15-21-43-19-7-17-41-3)31(25)26-13-12-24(22-28(26)29)8-4-11-30(37)35-14-20-42-18-6-16-40-2/h5,9-10,12-13,22,29H,4,6-8,11,14-21,23H2,1-3H3,(H,34,39)(H,35,37)(H,36,38). The number of benzene rings is 2. The van der Waals surface area contributed by atoms with E-state index < -0.39 is 6.09 Å². The Bertz CT molecular complexity index is 1210. The summed E-state index contributed by atoms with van der Waals surface area (Å²) in [5.74, 6) is -0.412. The number of rotatable bonds is 21. The number of aryl methyl sites for hydroxylation is 1. The first-order valence-electron chi connectivity index (χ1n) is 15.3. The molecule has 44 heavy (non-hydrogen) atoms. The second kappa shape index (κ2) is 19.7. The third-order valence-electron chi connectivity index (χ3n) is 7.31. The highest BCUT2D eigenvalue weighted by atomic mass is 16.5. The molecule has 3 N–H and O–H groups in total. The van der Waals surface area contributed by atoms with Gasteiger partial charge in [0.1, 0.15) is 6.61 Å². The molecule has 0 radical (unpaired) electrons. The molecule has 1 unspecified atom stereocenters. The van der Waals surface area contributed by atoms with Crippen molar-refractivity contribution in [2.45, 2.75) is 38.0 Å². The minimum Gasteiger partial charge on any atom is -0.449 e. The van der Waals surface area contributed by atoms with E-state index in [1.807, 2.05) is 30.3 Å². The maximum atomic E-state index is 13.3. The van der Waals surface area contributed by atoms with E-state index >= 15 is 0 Å². The van der Waals surface area contributed by atoms with Crippen molar-refractivity contribution in [2.24, 2.45) is 0 Å². The van der Waals surface area contributed by atoms with Gasteiger partial charge < -0.3 is 39.6 Å². The first kappa shape index (κ1) is 35.0. The Labute approximate surface area is 260 Å². The largest absolute Gasteiger partial charge is 0.449 e.